The second-order valence-electron chi connectivity index (χ2n) is 4.41. The Hall–Kier alpha value is -2.29. The predicted molar refractivity (Wildman–Crippen MR) is 76.6 cm³/mol. The Bertz CT molecular complexity index is 579. The minimum absolute atomic E-state index is 0.0272. The van der Waals surface area contributed by atoms with Crippen molar-refractivity contribution in [2.24, 2.45) is 0 Å². The number of benzene rings is 2. The maximum Gasteiger partial charge on any atom is 0.262 e. The van der Waals surface area contributed by atoms with Crippen LogP contribution in [0.5, 0.6) is 5.75 Å². The molecule has 0 fully saturated rings. The zero-order valence-corrected chi connectivity index (χ0v) is 11.1. The van der Waals surface area contributed by atoms with E-state index < -0.39 is 0 Å². The van der Waals surface area contributed by atoms with Gasteiger partial charge in [-0.15, -0.1) is 0 Å². The second-order valence-corrected chi connectivity index (χ2v) is 4.41. The molecule has 0 atom stereocenters. The van der Waals surface area contributed by atoms with E-state index in [1.807, 2.05) is 50.2 Å². The molecule has 3 nitrogen and oxygen atoms in total. The van der Waals surface area contributed by atoms with Crippen LogP contribution in [0.2, 0.25) is 0 Å². The van der Waals surface area contributed by atoms with Gasteiger partial charge in [0.2, 0.25) is 0 Å². The number of hydrogen-bond acceptors (Lipinski definition) is 2. The van der Waals surface area contributed by atoms with Crippen molar-refractivity contribution < 1.29 is 9.90 Å². The number of amides is 1. The van der Waals surface area contributed by atoms with Gasteiger partial charge in [0.1, 0.15) is 5.75 Å². The van der Waals surface area contributed by atoms with Gasteiger partial charge in [0.15, 0.2) is 0 Å². The lowest BCUT2D eigenvalue weighted by Crippen LogP contribution is -2.30. The largest absolute Gasteiger partial charge is 0.507 e. The van der Waals surface area contributed by atoms with E-state index in [0.717, 1.165) is 11.3 Å². The number of carbonyl (C=O) groups is 1. The summed E-state index contributed by atoms with van der Waals surface area (Å²) in [5.74, 6) is -0.161. The predicted octanol–water partition coefficient (Wildman–Crippen LogP) is 3.37. The van der Waals surface area contributed by atoms with Gasteiger partial charge in [-0.2, -0.15) is 0 Å². The van der Waals surface area contributed by atoms with Crippen LogP contribution in [-0.2, 0) is 0 Å². The molecule has 2 aromatic carbocycles. The molecule has 19 heavy (non-hydrogen) atoms. The average Bonchev–Trinajstić information content (AvgIpc) is 2.40. The number of aryl methyl sites for hydroxylation is 1. The highest BCUT2D eigenvalue weighted by atomic mass is 16.3. The van der Waals surface area contributed by atoms with Crippen molar-refractivity contribution in [1.82, 2.24) is 0 Å². The highest BCUT2D eigenvalue weighted by Gasteiger charge is 2.18. The van der Waals surface area contributed by atoms with Crippen LogP contribution in [0.3, 0.4) is 0 Å². The quantitative estimate of drug-likeness (QED) is 0.913. The van der Waals surface area contributed by atoms with Gasteiger partial charge >= 0.3 is 0 Å². The smallest absolute Gasteiger partial charge is 0.262 e. The Morgan fingerprint density at radius 2 is 1.84 bits per heavy atom. The first-order valence-corrected chi connectivity index (χ1v) is 6.30. The van der Waals surface area contributed by atoms with E-state index in [-0.39, 0.29) is 11.7 Å². The zero-order valence-electron chi connectivity index (χ0n) is 11.1. The van der Waals surface area contributed by atoms with E-state index in [2.05, 4.69) is 0 Å². The van der Waals surface area contributed by atoms with Crippen LogP contribution in [0.25, 0.3) is 0 Å². The molecule has 0 saturated carbocycles. The van der Waals surface area contributed by atoms with E-state index in [1.54, 1.807) is 17.0 Å². The standard InChI is InChI=1S/C16H17NO2/c1-3-17(13-7-5-4-6-8-13)16(19)14-10-9-12(2)11-15(14)18/h4-11,18H,3H2,1-2H3. The minimum atomic E-state index is -0.189. The summed E-state index contributed by atoms with van der Waals surface area (Å²) in [7, 11) is 0. The van der Waals surface area contributed by atoms with E-state index in [9.17, 15) is 9.90 Å². The first-order valence-electron chi connectivity index (χ1n) is 6.30. The van der Waals surface area contributed by atoms with Crippen molar-refractivity contribution in [2.45, 2.75) is 13.8 Å². The SMILES string of the molecule is CCN(C(=O)c1ccc(C)cc1O)c1ccccc1. The molecular formula is C16H17NO2. The van der Waals surface area contributed by atoms with E-state index >= 15 is 0 Å². The first-order chi connectivity index (χ1) is 9.13. The number of phenols is 1. The summed E-state index contributed by atoms with van der Waals surface area (Å²) >= 11 is 0. The van der Waals surface area contributed by atoms with Crippen LogP contribution in [-0.4, -0.2) is 17.6 Å². The second kappa shape index (κ2) is 5.57. The molecule has 0 radical (unpaired) electrons. The third kappa shape index (κ3) is 2.76. The molecule has 0 aliphatic heterocycles. The number of hydrogen-bond donors (Lipinski definition) is 1. The van der Waals surface area contributed by atoms with Gasteiger partial charge in [-0.1, -0.05) is 24.3 Å². The lowest BCUT2D eigenvalue weighted by atomic mass is 10.1. The fourth-order valence-corrected chi connectivity index (χ4v) is 2.02. The summed E-state index contributed by atoms with van der Waals surface area (Å²) in [4.78, 5) is 14.1. The number of rotatable bonds is 3. The molecule has 1 N–H and O–H groups in total. The Morgan fingerprint density at radius 3 is 2.42 bits per heavy atom. The van der Waals surface area contributed by atoms with Gasteiger partial charge < -0.3 is 10.0 Å². The lowest BCUT2D eigenvalue weighted by Gasteiger charge is -2.21. The summed E-state index contributed by atoms with van der Waals surface area (Å²) in [6.07, 6.45) is 0. The van der Waals surface area contributed by atoms with Crippen molar-refractivity contribution in [1.29, 1.82) is 0 Å². The Kier molecular flexibility index (Phi) is 3.85. The molecule has 3 heteroatoms. The van der Waals surface area contributed by atoms with Crippen LogP contribution in [0.15, 0.2) is 48.5 Å². The molecule has 2 rings (SSSR count). The Balaban J connectivity index is 2.36. The molecule has 0 aliphatic rings. The average molecular weight is 255 g/mol. The fraction of sp³-hybridized carbons (Fsp3) is 0.188. The molecule has 0 heterocycles. The summed E-state index contributed by atoms with van der Waals surface area (Å²) in [5, 5.41) is 9.91. The van der Waals surface area contributed by atoms with Crippen molar-refractivity contribution in [3.05, 3.63) is 59.7 Å². The Labute approximate surface area is 113 Å². The maximum atomic E-state index is 12.5. The molecule has 0 bridgehead atoms. The van der Waals surface area contributed by atoms with Crippen LogP contribution < -0.4 is 4.90 Å². The summed E-state index contributed by atoms with van der Waals surface area (Å²) in [5.41, 5.74) is 2.09. The molecule has 0 aliphatic carbocycles. The fourth-order valence-electron chi connectivity index (χ4n) is 2.02. The third-order valence-electron chi connectivity index (χ3n) is 3.01. The number of carbonyl (C=O) groups excluding carboxylic acids is 1. The monoisotopic (exact) mass is 255 g/mol. The van der Waals surface area contributed by atoms with Crippen LogP contribution in [0.1, 0.15) is 22.8 Å². The van der Waals surface area contributed by atoms with Crippen molar-refractivity contribution >= 4 is 11.6 Å². The van der Waals surface area contributed by atoms with Gasteiger partial charge in [-0.25, -0.2) is 0 Å². The van der Waals surface area contributed by atoms with E-state index in [4.69, 9.17) is 0 Å². The normalized spacial score (nSPS) is 10.2. The van der Waals surface area contributed by atoms with Gasteiger partial charge in [0, 0.05) is 12.2 Å². The van der Waals surface area contributed by atoms with E-state index in [1.165, 1.54) is 0 Å². The molecule has 0 spiro atoms. The summed E-state index contributed by atoms with van der Waals surface area (Å²) in [6, 6.07) is 14.5. The Morgan fingerprint density at radius 1 is 1.16 bits per heavy atom. The highest BCUT2D eigenvalue weighted by Crippen LogP contribution is 2.23. The van der Waals surface area contributed by atoms with Gasteiger partial charge in [0.05, 0.1) is 5.56 Å². The van der Waals surface area contributed by atoms with Crippen molar-refractivity contribution in [2.75, 3.05) is 11.4 Å². The topological polar surface area (TPSA) is 40.5 Å². The van der Waals surface area contributed by atoms with Gasteiger partial charge in [-0.05, 0) is 43.7 Å². The van der Waals surface area contributed by atoms with Crippen LogP contribution in [0, 0.1) is 6.92 Å². The van der Waals surface area contributed by atoms with Crippen LogP contribution >= 0.6 is 0 Å². The van der Waals surface area contributed by atoms with Crippen LogP contribution in [0.4, 0.5) is 5.69 Å². The molecule has 0 aromatic heterocycles. The molecule has 2 aromatic rings. The molecule has 0 unspecified atom stereocenters. The van der Waals surface area contributed by atoms with Gasteiger partial charge in [-0.3, -0.25) is 4.79 Å². The lowest BCUT2D eigenvalue weighted by molar-refractivity contribution is 0.0986. The first kappa shape index (κ1) is 13.1. The van der Waals surface area contributed by atoms with E-state index in [0.29, 0.717) is 12.1 Å². The molecule has 98 valence electrons. The summed E-state index contributed by atoms with van der Waals surface area (Å²) in [6.45, 7) is 4.34. The minimum Gasteiger partial charge on any atom is -0.507 e. The zero-order chi connectivity index (χ0) is 13.8. The molecule has 1 amide bonds. The summed E-state index contributed by atoms with van der Waals surface area (Å²) < 4.78 is 0. The molecular weight excluding hydrogens is 238 g/mol. The third-order valence-corrected chi connectivity index (χ3v) is 3.01. The number of aromatic hydroxyl groups is 1. The van der Waals surface area contributed by atoms with Gasteiger partial charge in [0.25, 0.3) is 5.91 Å². The van der Waals surface area contributed by atoms with Crippen molar-refractivity contribution in [3.8, 4) is 5.75 Å². The van der Waals surface area contributed by atoms with Crippen molar-refractivity contribution in [3.63, 3.8) is 0 Å². The number of phenolic OH excluding ortho intramolecular Hbond substituents is 1. The highest BCUT2D eigenvalue weighted by molar-refractivity contribution is 6.07. The number of nitrogens with zero attached hydrogens (tertiary/aromatic N) is 1. The molecule has 0 saturated heterocycles. The maximum absolute atomic E-state index is 12.5. The number of anilines is 1. The number of para-hydroxylation sites is 1.